The summed E-state index contributed by atoms with van der Waals surface area (Å²) in [6, 6.07) is 196. The number of fused-ring (bicyclic) bond motifs is 16. The maximum Gasteiger partial charge on any atom is 0.0440 e. The minimum Gasteiger partial charge on any atom is -0.135 e. The van der Waals surface area contributed by atoms with Gasteiger partial charge in [0, 0.05) is 41.4 Å². The van der Waals surface area contributed by atoms with Crippen LogP contribution in [0.25, 0.3) is 271 Å². The number of benzene rings is 26. The second-order valence-corrected chi connectivity index (χ2v) is 38.6. The van der Waals surface area contributed by atoms with Gasteiger partial charge in [0.1, 0.15) is 0 Å². The molecule has 0 unspecified atom stereocenters. The van der Waals surface area contributed by atoms with E-state index in [-0.39, 0.29) is 0 Å². The molecule has 0 atom stereocenters. The van der Waals surface area contributed by atoms with Crippen LogP contribution < -0.4 is 0 Å². The van der Waals surface area contributed by atoms with Crippen molar-refractivity contribution in [3.8, 4) is 131 Å². The van der Waals surface area contributed by atoms with E-state index >= 15 is 0 Å². The third-order valence-corrected chi connectivity index (χ3v) is 31.0. The van der Waals surface area contributed by atoms with Gasteiger partial charge in [-0.25, -0.2) is 0 Å². The molecule has 2 aromatic heterocycles. The van der Waals surface area contributed by atoms with Gasteiger partial charge >= 0.3 is 0 Å². The van der Waals surface area contributed by atoms with Crippen LogP contribution in [0.15, 0.2) is 534 Å². The van der Waals surface area contributed by atoms with E-state index in [0.717, 1.165) is 0 Å². The Morgan fingerprint density at radius 3 is 0.671 bits per heavy atom. The second kappa shape index (κ2) is 35.6. The van der Waals surface area contributed by atoms with Gasteiger partial charge in [-0.3, -0.25) is 0 Å². The van der Waals surface area contributed by atoms with E-state index in [4.69, 9.17) is 0 Å². The molecule has 0 aliphatic heterocycles. The molecule has 0 spiro atoms. The number of hydrogen-bond acceptors (Lipinski definition) is 2. The van der Waals surface area contributed by atoms with Crippen molar-refractivity contribution in [1.82, 2.24) is 0 Å². The van der Waals surface area contributed by atoms with Gasteiger partial charge < -0.3 is 0 Å². The van der Waals surface area contributed by atoms with Crippen molar-refractivity contribution < 1.29 is 0 Å². The van der Waals surface area contributed by atoms with Crippen LogP contribution in [0.2, 0.25) is 0 Å². The van der Waals surface area contributed by atoms with E-state index in [0.29, 0.717) is 0 Å². The predicted molar refractivity (Wildman–Crippen MR) is 608 cm³/mol. The highest BCUT2D eigenvalue weighted by Gasteiger charge is 2.27. The molecule has 0 amide bonds. The quantitative estimate of drug-likeness (QED) is 0.0845. The second-order valence-electron chi connectivity index (χ2n) is 36.5. The number of thiophene rings is 2. The molecule has 0 nitrogen and oxygen atoms in total. The third-order valence-electron chi connectivity index (χ3n) is 28.6. The zero-order chi connectivity index (χ0) is 92.5. The van der Waals surface area contributed by atoms with Gasteiger partial charge in [-0.05, 0) is 272 Å². The molecule has 0 bridgehead atoms. The maximum atomic E-state index is 2.44. The largest absolute Gasteiger partial charge is 0.135 e. The third kappa shape index (κ3) is 14.7. The first-order valence-corrected chi connectivity index (χ1v) is 49.9. The summed E-state index contributed by atoms with van der Waals surface area (Å²) in [5, 5.41) is 33.2. The topological polar surface area (TPSA) is 0 Å². The molecule has 0 fully saturated rings. The van der Waals surface area contributed by atoms with Crippen LogP contribution in [-0.2, 0) is 0 Å². The van der Waals surface area contributed by atoms with Gasteiger partial charge in [0.25, 0.3) is 0 Å². The lowest BCUT2D eigenvalue weighted by Crippen LogP contribution is -1.93. The molecule has 2 heterocycles. The normalized spacial score (nSPS) is 11.6. The Morgan fingerprint density at radius 2 is 0.314 bits per heavy atom. The summed E-state index contributed by atoms with van der Waals surface area (Å²) in [4.78, 5) is 5.23. The van der Waals surface area contributed by atoms with Gasteiger partial charge in [0.2, 0.25) is 0 Å². The SMILES string of the molecule is c1ccc(-c2c3ccccc3c(-c3ccc4c(-c5ccccc5)c(-c5ccccc5)c5ccccc5c4c3)c3ccccc23)cc1.c1ccc(-c2ccc3ccc4ccc(-c5c6ccccc6c(-c6ccc(-c7ccccc7)s6)c6ccccc56)cc4c3c2)cc1.c1ccc(-c2ccc3ccc4ccc(-c5c6ccccc6c(-c6sc(-c7ccccc7)c7ccccc67)c6ccccc56)cc4c3c2)cc1. The first kappa shape index (κ1) is 83.1. The van der Waals surface area contributed by atoms with E-state index in [2.05, 4.69) is 534 Å². The molecule has 0 radical (unpaired) electrons. The molecule has 0 N–H and O–H groups in total. The lowest BCUT2D eigenvalue weighted by molar-refractivity contribution is 1.62. The minimum absolute atomic E-state index is 1.23. The fourth-order valence-corrected chi connectivity index (χ4v) is 24.7. The fraction of sp³-hybridized carbons (Fsp3) is 0. The molecule has 652 valence electrons. The molecular weight excluding hydrogens is 1720 g/mol. The zero-order valence-corrected chi connectivity index (χ0v) is 78.3. The van der Waals surface area contributed by atoms with Crippen molar-refractivity contribution in [2.24, 2.45) is 0 Å². The van der Waals surface area contributed by atoms with Gasteiger partial charge in [-0.15, -0.1) is 22.7 Å². The first-order valence-electron chi connectivity index (χ1n) is 48.2. The zero-order valence-electron chi connectivity index (χ0n) is 76.6. The van der Waals surface area contributed by atoms with Crippen molar-refractivity contribution in [3.63, 3.8) is 0 Å². The Balaban J connectivity index is 0.000000108. The lowest BCUT2D eigenvalue weighted by atomic mass is 9.82. The molecule has 28 aromatic rings. The summed E-state index contributed by atoms with van der Waals surface area (Å²) >= 11 is 3.79. The summed E-state index contributed by atoms with van der Waals surface area (Å²) < 4.78 is 0. The Hall–Kier alpha value is -17.5. The molecule has 0 aliphatic carbocycles. The van der Waals surface area contributed by atoms with Crippen LogP contribution >= 0.6 is 22.7 Å². The van der Waals surface area contributed by atoms with E-state index in [9.17, 15) is 0 Å². The van der Waals surface area contributed by atoms with Crippen LogP contribution in [0.1, 0.15) is 0 Å². The molecule has 2 heteroatoms. The van der Waals surface area contributed by atoms with E-state index in [1.54, 1.807) is 0 Å². The first-order chi connectivity index (χ1) is 69.5. The molecule has 0 aliphatic rings. The molecule has 26 aromatic carbocycles. The summed E-state index contributed by atoms with van der Waals surface area (Å²) in [7, 11) is 0. The van der Waals surface area contributed by atoms with Crippen molar-refractivity contribution in [3.05, 3.63) is 534 Å². The highest BCUT2D eigenvalue weighted by Crippen LogP contribution is 2.55. The molecule has 28 rings (SSSR count). The van der Waals surface area contributed by atoms with E-state index < -0.39 is 0 Å². The maximum absolute atomic E-state index is 2.44. The van der Waals surface area contributed by atoms with Crippen LogP contribution in [0.4, 0.5) is 0 Å². The number of rotatable bonds is 12. The standard InChI is InChI=1S/C48H30S.C46H30.C44H28S/c1-3-13-31(14-4-1)35-27-25-32-23-24-33-26-28-36(30-44(33)43(32)29-35)45-37-17-7-9-19-39(37)46(40-20-10-8-18-38(40)45)48-42-22-12-11-21-41(42)47(49-48)34-15-5-2-6-16-34;1-4-16-31(17-5-1)43-37-24-12-14-26-39(37)44(40-27-15-13-25-38(40)43)34-28-29-41-42(30-34)35-22-10-11-23-36(35)45(32-18-6-2-7-19-32)46(41)33-20-8-3-9-21-33;1-3-11-29(12-4-1)33-23-21-30-19-20-31-22-24-34(28-40(31)39(30)27-33)43-35-15-7-9-17-37(35)44(38-18-10-8-16-36(38)43)42-26-25-41(45-42)32-13-5-2-6-14-32/h1-30H;1-30H;1-28H. The average Bonchev–Trinajstić information content (AvgIpc) is 1.52. The molecule has 0 saturated heterocycles. The molecule has 140 heavy (non-hydrogen) atoms. The lowest BCUT2D eigenvalue weighted by Gasteiger charge is -2.21. The Bertz CT molecular complexity index is 9530. The minimum atomic E-state index is 1.23. The van der Waals surface area contributed by atoms with Crippen molar-refractivity contribution in [1.29, 1.82) is 0 Å². The van der Waals surface area contributed by atoms with E-state index in [1.807, 2.05) is 22.7 Å². The fourth-order valence-electron chi connectivity index (χ4n) is 22.2. The van der Waals surface area contributed by atoms with Crippen molar-refractivity contribution >= 4 is 163 Å². The van der Waals surface area contributed by atoms with Gasteiger partial charge in [0.15, 0.2) is 0 Å². The summed E-state index contributed by atoms with van der Waals surface area (Å²) in [6.45, 7) is 0. The van der Waals surface area contributed by atoms with Gasteiger partial charge in [-0.1, -0.05) is 491 Å². The average molecular weight is 1810 g/mol. The van der Waals surface area contributed by atoms with Crippen LogP contribution in [-0.4, -0.2) is 0 Å². The molecule has 0 saturated carbocycles. The van der Waals surface area contributed by atoms with Crippen LogP contribution in [0, 0.1) is 0 Å². The van der Waals surface area contributed by atoms with Gasteiger partial charge in [0.05, 0.1) is 0 Å². The van der Waals surface area contributed by atoms with Crippen LogP contribution in [0.5, 0.6) is 0 Å². The predicted octanol–water partition coefficient (Wildman–Crippen LogP) is 40.2. The van der Waals surface area contributed by atoms with Crippen molar-refractivity contribution in [2.45, 2.75) is 0 Å². The number of hydrogen-bond donors (Lipinski definition) is 0. The Labute approximate surface area is 820 Å². The smallest absolute Gasteiger partial charge is 0.0440 e. The summed E-state index contributed by atoms with van der Waals surface area (Å²) in [5.74, 6) is 0. The Morgan fingerprint density at radius 1 is 0.0929 bits per heavy atom. The Kier molecular flexibility index (Phi) is 21.2. The monoisotopic (exact) mass is 1810 g/mol. The van der Waals surface area contributed by atoms with Crippen LogP contribution in [0.3, 0.4) is 0 Å². The summed E-state index contributed by atoms with van der Waals surface area (Å²) in [5.41, 5.74) is 25.3. The summed E-state index contributed by atoms with van der Waals surface area (Å²) in [6.07, 6.45) is 0. The van der Waals surface area contributed by atoms with Crippen molar-refractivity contribution in [2.75, 3.05) is 0 Å². The highest BCUT2D eigenvalue weighted by molar-refractivity contribution is 7.21. The van der Waals surface area contributed by atoms with E-state index in [1.165, 1.54) is 271 Å². The highest BCUT2D eigenvalue weighted by atomic mass is 32.1. The molecular formula is C138H88S2. The van der Waals surface area contributed by atoms with Gasteiger partial charge in [-0.2, -0.15) is 0 Å².